The Bertz CT molecular complexity index is 422. The highest BCUT2D eigenvalue weighted by Crippen LogP contribution is 2.13. The van der Waals surface area contributed by atoms with Crippen LogP contribution in [0.15, 0.2) is 24.3 Å². The molecule has 0 radical (unpaired) electrons. The van der Waals surface area contributed by atoms with Crippen LogP contribution in [0.3, 0.4) is 0 Å². The minimum Gasteiger partial charge on any atom is -0.380 e. The molecule has 1 aromatic carbocycles. The first kappa shape index (κ1) is 13.2. The van der Waals surface area contributed by atoms with Gasteiger partial charge in [-0.2, -0.15) is 0 Å². The fourth-order valence-electron chi connectivity index (χ4n) is 2.24. The van der Waals surface area contributed by atoms with Crippen molar-refractivity contribution in [3.63, 3.8) is 0 Å². The number of Topliss-reactive ketones (excluding diaryl/α,β-unsaturated/α-hetero) is 1. The van der Waals surface area contributed by atoms with E-state index in [0.29, 0.717) is 32.7 Å². The lowest BCUT2D eigenvalue weighted by Crippen LogP contribution is -2.36. The summed E-state index contributed by atoms with van der Waals surface area (Å²) in [6.07, 6.45) is 0.512. The normalized spacial score (nSPS) is 20.4. The minimum absolute atomic E-state index is 0.0442. The molecule has 1 heterocycles. The number of hydrogen-bond donors (Lipinski definition) is 0. The fourth-order valence-corrected chi connectivity index (χ4v) is 2.24. The molecule has 0 spiro atoms. The van der Waals surface area contributed by atoms with Crippen LogP contribution in [0, 0.1) is 11.7 Å². The molecule has 4 heteroatoms. The van der Waals surface area contributed by atoms with Gasteiger partial charge in [-0.25, -0.2) is 4.39 Å². The Morgan fingerprint density at radius 3 is 3.06 bits per heavy atom. The van der Waals surface area contributed by atoms with Crippen LogP contribution in [0.4, 0.5) is 4.39 Å². The zero-order chi connectivity index (χ0) is 13.0. The number of ketones is 1. The van der Waals surface area contributed by atoms with Gasteiger partial charge in [-0.3, -0.25) is 4.79 Å². The second-order valence-electron chi connectivity index (χ2n) is 4.81. The maximum absolute atomic E-state index is 13.0. The standard InChI is InChI=1S/C14H18FNO2/c1-16(8-11-3-2-4-13(15)7-11)9-12-10-18-6-5-14(12)17/h2-4,7,12H,5-6,8-10H2,1H3. The molecule has 1 aliphatic rings. The number of benzene rings is 1. The molecule has 0 N–H and O–H groups in total. The van der Waals surface area contributed by atoms with Crippen LogP contribution < -0.4 is 0 Å². The minimum atomic E-state index is -0.224. The summed E-state index contributed by atoms with van der Waals surface area (Å²) < 4.78 is 18.4. The van der Waals surface area contributed by atoms with Gasteiger partial charge in [-0.1, -0.05) is 12.1 Å². The monoisotopic (exact) mass is 251 g/mol. The van der Waals surface area contributed by atoms with Crippen molar-refractivity contribution in [3.8, 4) is 0 Å². The summed E-state index contributed by atoms with van der Waals surface area (Å²) in [5.74, 6) is 0.00243. The van der Waals surface area contributed by atoms with Crippen molar-refractivity contribution in [2.45, 2.75) is 13.0 Å². The third-order valence-electron chi connectivity index (χ3n) is 3.14. The van der Waals surface area contributed by atoms with Crippen molar-refractivity contribution in [3.05, 3.63) is 35.6 Å². The maximum atomic E-state index is 13.0. The van der Waals surface area contributed by atoms with E-state index in [0.717, 1.165) is 5.56 Å². The Morgan fingerprint density at radius 2 is 2.33 bits per heavy atom. The molecular formula is C14H18FNO2. The van der Waals surface area contributed by atoms with E-state index >= 15 is 0 Å². The number of nitrogens with zero attached hydrogens (tertiary/aromatic N) is 1. The number of ether oxygens (including phenoxy) is 1. The molecule has 1 saturated heterocycles. The van der Waals surface area contributed by atoms with Gasteiger partial charge in [0.15, 0.2) is 0 Å². The number of hydrogen-bond acceptors (Lipinski definition) is 3. The van der Waals surface area contributed by atoms with Gasteiger partial charge in [0.1, 0.15) is 11.6 Å². The molecule has 98 valence electrons. The Labute approximate surface area is 107 Å². The lowest BCUT2D eigenvalue weighted by molar-refractivity contribution is -0.131. The van der Waals surface area contributed by atoms with Gasteiger partial charge in [0.05, 0.1) is 19.1 Å². The fraction of sp³-hybridized carbons (Fsp3) is 0.500. The van der Waals surface area contributed by atoms with Gasteiger partial charge < -0.3 is 9.64 Å². The first-order valence-electron chi connectivity index (χ1n) is 6.18. The van der Waals surface area contributed by atoms with Crippen molar-refractivity contribution in [2.75, 3.05) is 26.8 Å². The summed E-state index contributed by atoms with van der Waals surface area (Å²) in [5.41, 5.74) is 0.918. The predicted molar refractivity (Wildman–Crippen MR) is 66.7 cm³/mol. The van der Waals surface area contributed by atoms with E-state index in [1.54, 1.807) is 6.07 Å². The topological polar surface area (TPSA) is 29.5 Å². The van der Waals surface area contributed by atoms with Gasteiger partial charge in [-0.05, 0) is 24.7 Å². The molecule has 1 aliphatic heterocycles. The predicted octanol–water partition coefficient (Wildman–Crippen LogP) is 1.86. The molecule has 1 unspecified atom stereocenters. The number of halogens is 1. The van der Waals surface area contributed by atoms with E-state index in [2.05, 4.69) is 0 Å². The second kappa shape index (κ2) is 6.07. The third kappa shape index (κ3) is 3.62. The lowest BCUT2D eigenvalue weighted by atomic mass is 10.00. The van der Waals surface area contributed by atoms with Crippen molar-refractivity contribution in [2.24, 2.45) is 5.92 Å². The highest BCUT2D eigenvalue weighted by molar-refractivity contribution is 5.82. The Hall–Kier alpha value is -1.26. The van der Waals surface area contributed by atoms with Crippen LogP contribution >= 0.6 is 0 Å². The van der Waals surface area contributed by atoms with Gasteiger partial charge in [-0.15, -0.1) is 0 Å². The lowest BCUT2D eigenvalue weighted by Gasteiger charge is -2.26. The summed E-state index contributed by atoms with van der Waals surface area (Å²) in [7, 11) is 1.94. The summed E-state index contributed by atoms with van der Waals surface area (Å²) in [4.78, 5) is 13.7. The SMILES string of the molecule is CN(Cc1cccc(F)c1)CC1COCCC1=O. The van der Waals surface area contributed by atoms with Crippen molar-refractivity contribution < 1.29 is 13.9 Å². The third-order valence-corrected chi connectivity index (χ3v) is 3.14. The molecule has 0 amide bonds. The summed E-state index contributed by atoms with van der Waals surface area (Å²) in [5, 5.41) is 0. The van der Waals surface area contributed by atoms with Crippen LogP contribution in [0.1, 0.15) is 12.0 Å². The average Bonchev–Trinajstić information content (AvgIpc) is 2.32. The maximum Gasteiger partial charge on any atom is 0.141 e. The zero-order valence-corrected chi connectivity index (χ0v) is 10.6. The molecule has 2 rings (SSSR count). The van der Waals surface area contributed by atoms with Crippen LogP contribution in [0.25, 0.3) is 0 Å². The molecule has 0 aliphatic carbocycles. The Kier molecular flexibility index (Phi) is 4.44. The quantitative estimate of drug-likeness (QED) is 0.818. The van der Waals surface area contributed by atoms with E-state index in [9.17, 15) is 9.18 Å². The molecule has 1 atom stereocenters. The van der Waals surface area contributed by atoms with Gasteiger partial charge in [0.2, 0.25) is 0 Å². The van der Waals surface area contributed by atoms with E-state index in [1.165, 1.54) is 12.1 Å². The number of carbonyl (C=O) groups is 1. The van der Waals surface area contributed by atoms with Crippen LogP contribution in [0.2, 0.25) is 0 Å². The molecule has 3 nitrogen and oxygen atoms in total. The second-order valence-corrected chi connectivity index (χ2v) is 4.81. The van der Waals surface area contributed by atoms with E-state index < -0.39 is 0 Å². The molecular weight excluding hydrogens is 233 g/mol. The van der Waals surface area contributed by atoms with Crippen LogP contribution in [-0.4, -0.2) is 37.5 Å². The van der Waals surface area contributed by atoms with Crippen LogP contribution in [0.5, 0.6) is 0 Å². The van der Waals surface area contributed by atoms with E-state index in [1.807, 2.05) is 18.0 Å². The summed E-state index contributed by atoms with van der Waals surface area (Å²) in [6.45, 7) is 2.35. The molecule has 0 aromatic heterocycles. The van der Waals surface area contributed by atoms with E-state index in [-0.39, 0.29) is 17.5 Å². The van der Waals surface area contributed by atoms with Crippen molar-refractivity contribution in [1.29, 1.82) is 0 Å². The zero-order valence-electron chi connectivity index (χ0n) is 10.6. The summed E-state index contributed by atoms with van der Waals surface area (Å²) in [6, 6.07) is 6.55. The number of rotatable bonds is 4. The van der Waals surface area contributed by atoms with Crippen molar-refractivity contribution >= 4 is 5.78 Å². The summed E-state index contributed by atoms with van der Waals surface area (Å²) >= 11 is 0. The average molecular weight is 251 g/mol. The Balaban J connectivity index is 1.88. The van der Waals surface area contributed by atoms with Crippen molar-refractivity contribution in [1.82, 2.24) is 4.90 Å². The van der Waals surface area contributed by atoms with Crippen LogP contribution in [-0.2, 0) is 16.1 Å². The molecule has 18 heavy (non-hydrogen) atoms. The number of carbonyl (C=O) groups excluding carboxylic acids is 1. The molecule has 0 bridgehead atoms. The van der Waals surface area contributed by atoms with Gasteiger partial charge in [0.25, 0.3) is 0 Å². The van der Waals surface area contributed by atoms with Gasteiger partial charge >= 0.3 is 0 Å². The highest BCUT2D eigenvalue weighted by Gasteiger charge is 2.23. The largest absolute Gasteiger partial charge is 0.380 e. The first-order valence-corrected chi connectivity index (χ1v) is 6.18. The molecule has 0 saturated carbocycles. The van der Waals surface area contributed by atoms with Gasteiger partial charge in [0, 0.05) is 19.5 Å². The van der Waals surface area contributed by atoms with E-state index in [4.69, 9.17) is 4.74 Å². The smallest absolute Gasteiger partial charge is 0.141 e. The molecule has 1 aromatic rings. The highest BCUT2D eigenvalue weighted by atomic mass is 19.1. The first-order chi connectivity index (χ1) is 8.65. The molecule has 1 fully saturated rings. The Morgan fingerprint density at radius 1 is 1.50 bits per heavy atom.